The minimum Gasteiger partial charge on any atom is -0.462 e. The number of nitrogen functional groups attached to an aromatic ring is 1. The quantitative estimate of drug-likeness (QED) is 0.514. The summed E-state index contributed by atoms with van der Waals surface area (Å²) in [6, 6.07) is 0.831. The Morgan fingerprint density at radius 1 is 1.60 bits per heavy atom. The highest BCUT2D eigenvalue weighted by Gasteiger charge is 2.21. The van der Waals surface area contributed by atoms with E-state index in [-0.39, 0.29) is 11.1 Å². The number of ether oxygens (including phenoxy) is 1. The van der Waals surface area contributed by atoms with Gasteiger partial charge in [-0.25, -0.2) is 13.6 Å². The van der Waals surface area contributed by atoms with Crippen molar-refractivity contribution < 1.29 is 18.3 Å². The smallest absolute Gasteiger partial charge is 0.343 e. The van der Waals surface area contributed by atoms with E-state index in [1.54, 1.807) is 6.92 Å². The highest BCUT2D eigenvalue weighted by molar-refractivity contribution is 9.10. The highest BCUT2D eigenvalue weighted by atomic mass is 79.9. The Labute approximate surface area is 93.3 Å². The second-order valence-corrected chi connectivity index (χ2v) is 3.52. The third-order valence-corrected chi connectivity index (χ3v) is 2.26. The van der Waals surface area contributed by atoms with E-state index in [1.165, 1.54) is 0 Å². The molecule has 82 valence electrons. The van der Waals surface area contributed by atoms with Crippen LogP contribution in [0.5, 0.6) is 0 Å². The Morgan fingerprint density at radius 2 is 2.20 bits per heavy atom. The minimum absolute atomic E-state index is 0.0649. The number of esters is 1. The Balaban J connectivity index is 3.29. The van der Waals surface area contributed by atoms with E-state index < -0.39 is 28.9 Å². The zero-order chi connectivity index (χ0) is 11.6. The van der Waals surface area contributed by atoms with Gasteiger partial charge in [0.2, 0.25) is 0 Å². The van der Waals surface area contributed by atoms with Gasteiger partial charge in [0.25, 0.3) is 0 Å². The molecule has 6 heteroatoms. The normalized spacial score (nSPS) is 10.1. The first-order valence-electron chi connectivity index (χ1n) is 4.09. The highest BCUT2D eigenvalue weighted by Crippen LogP contribution is 2.27. The SMILES string of the molecule is CCOC(=O)c1c(F)cc(Br)c(F)c1N. The van der Waals surface area contributed by atoms with E-state index >= 15 is 0 Å². The van der Waals surface area contributed by atoms with Crippen molar-refractivity contribution in [1.29, 1.82) is 0 Å². The fraction of sp³-hybridized carbons (Fsp3) is 0.222. The molecule has 0 aliphatic heterocycles. The molecular formula is C9H8BrF2NO2. The lowest BCUT2D eigenvalue weighted by atomic mass is 10.1. The lowest BCUT2D eigenvalue weighted by molar-refractivity contribution is 0.0522. The van der Waals surface area contributed by atoms with Crippen LogP contribution < -0.4 is 5.73 Å². The van der Waals surface area contributed by atoms with E-state index in [1.807, 2.05) is 0 Å². The molecule has 0 unspecified atom stereocenters. The lowest BCUT2D eigenvalue weighted by Crippen LogP contribution is -2.12. The average Bonchev–Trinajstić information content (AvgIpc) is 2.15. The van der Waals surface area contributed by atoms with E-state index in [4.69, 9.17) is 5.73 Å². The Bertz CT molecular complexity index is 410. The number of benzene rings is 1. The minimum atomic E-state index is -0.973. The van der Waals surface area contributed by atoms with E-state index in [2.05, 4.69) is 20.7 Å². The van der Waals surface area contributed by atoms with E-state index in [9.17, 15) is 13.6 Å². The van der Waals surface area contributed by atoms with Gasteiger partial charge in [0.15, 0.2) is 5.82 Å². The van der Waals surface area contributed by atoms with Gasteiger partial charge in [0.1, 0.15) is 11.4 Å². The van der Waals surface area contributed by atoms with Crippen molar-refractivity contribution >= 4 is 27.6 Å². The number of rotatable bonds is 2. The molecule has 0 aliphatic rings. The van der Waals surface area contributed by atoms with Crippen LogP contribution in [0.3, 0.4) is 0 Å². The number of halogens is 3. The van der Waals surface area contributed by atoms with Crippen molar-refractivity contribution in [3.8, 4) is 0 Å². The molecule has 1 rings (SSSR count). The first kappa shape index (κ1) is 11.9. The van der Waals surface area contributed by atoms with Gasteiger partial charge in [-0.15, -0.1) is 0 Å². The lowest BCUT2D eigenvalue weighted by Gasteiger charge is -2.08. The summed E-state index contributed by atoms with van der Waals surface area (Å²) in [6.45, 7) is 1.62. The second kappa shape index (κ2) is 4.57. The van der Waals surface area contributed by atoms with Gasteiger partial charge < -0.3 is 10.5 Å². The van der Waals surface area contributed by atoms with Gasteiger partial charge in [0, 0.05) is 0 Å². The molecule has 0 saturated heterocycles. The zero-order valence-electron chi connectivity index (χ0n) is 7.81. The summed E-state index contributed by atoms with van der Waals surface area (Å²) in [4.78, 5) is 11.2. The van der Waals surface area contributed by atoms with Crippen LogP contribution in [0.1, 0.15) is 17.3 Å². The van der Waals surface area contributed by atoms with Gasteiger partial charge in [-0.05, 0) is 28.9 Å². The maximum atomic E-state index is 13.3. The van der Waals surface area contributed by atoms with Gasteiger partial charge in [-0.3, -0.25) is 0 Å². The molecule has 2 N–H and O–H groups in total. The van der Waals surface area contributed by atoms with Gasteiger partial charge >= 0.3 is 5.97 Å². The summed E-state index contributed by atoms with van der Waals surface area (Å²) >= 11 is 2.77. The van der Waals surface area contributed by atoms with Crippen LogP contribution >= 0.6 is 15.9 Å². The predicted molar refractivity (Wildman–Crippen MR) is 54.4 cm³/mol. The Kier molecular flexibility index (Phi) is 3.62. The molecule has 3 nitrogen and oxygen atoms in total. The van der Waals surface area contributed by atoms with Crippen molar-refractivity contribution in [1.82, 2.24) is 0 Å². The monoisotopic (exact) mass is 279 g/mol. The number of anilines is 1. The summed E-state index contributed by atoms with van der Waals surface area (Å²) in [5, 5.41) is 0. The van der Waals surface area contributed by atoms with E-state index in [0.29, 0.717) is 0 Å². The van der Waals surface area contributed by atoms with Crippen LogP contribution in [-0.2, 0) is 4.74 Å². The Hall–Kier alpha value is -1.17. The number of nitrogens with two attached hydrogens (primary N) is 1. The van der Waals surface area contributed by atoms with Crippen LogP contribution in [0.15, 0.2) is 10.5 Å². The number of carbonyl (C=O) groups is 1. The second-order valence-electron chi connectivity index (χ2n) is 2.66. The largest absolute Gasteiger partial charge is 0.462 e. The molecule has 15 heavy (non-hydrogen) atoms. The predicted octanol–water partition coefficient (Wildman–Crippen LogP) is 2.49. The van der Waals surface area contributed by atoms with Crippen molar-refractivity contribution in [3.63, 3.8) is 0 Å². The number of hydrogen-bond donors (Lipinski definition) is 1. The summed E-state index contributed by atoms with van der Waals surface area (Å²) < 4.78 is 30.9. The molecule has 0 atom stereocenters. The summed E-state index contributed by atoms with van der Waals surface area (Å²) in [7, 11) is 0. The standard InChI is InChI=1S/C9H8BrF2NO2/c1-2-15-9(14)6-5(11)3-4(10)7(12)8(6)13/h3H,2,13H2,1H3. The van der Waals surface area contributed by atoms with Crippen LogP contribution in [0.4, 0.5) is 14.5 Å². The fourth-order valence-corrected chi connectivity index (χ4v) is 1.44. The first-order chi connectivity index (χ1) is 6.99. The molecule has 0 bridgehead atoms. The molecular weight excluding hydrogens is 272 g/mol. The molecule has 0 saturated carbocycles. The van der Waals surface area contributed by atoms with Crippen molar-refractivity contribution in [2.45, 2.75) is 6.92 Å². The average molecular weight is 280 g/mol. The van der Waals surface area contributed by atoms with Crippen molar-refractivity contribution in [3.05, 3.63) is 27.7 Å². The van der Waals surface area contributed by atoms with Gasteiger partial charge in [0.05, 0.1) is 16.8 Å². The van der Waals surface area contributed by atoms with E-state index in [0.717, 1.165) is 6.07 Å². The third-order valence-electron chi connectivity index (χ3n) is 1.69. The third kappa shape index (κ3) is 2.26. The van der Waals surface area contributed by atoms with Crippen molar-refractivity contribution in [2.75, 3.05) is 12.3 Å². The maximum Gasteiger partial charge on any atom is 0.343 e. The van der Waals surface area contributed by atoms with Crippen LogP contribution in [0.25, 0.3) is 0 Å². The summed E-state index contributed by atoms with van der Waals surface area (Å²) in [6.07, 6.45) is 0. The van der Waals surface area contributed by atoms with Gasteiger partial charge in [-0.1, -0.05) is 0 Å². The topological polar surface area (TPSA) is 52.3 Å². The van der Waals surface area contributed by atoms with Crippen molar-refractivity contribution in [2.24, 2.45) is 0 Å². The molecule has 0 spiro atoms. The zero-order valence-corrected chi connectivity index (χ0v) is 9.40. The summed E-state index contributed by atoms with van der Waals surface area (Å²) in [5.74, 6) is -2.77. The molecule has 1 aromatic carbocycles. The van der Waals surface area contributed by atoms with Crippen LogP contribution in [0, 0.1) is 11.6 Å². The summed E-state index contributed by atoms with van der Waals surface area (Å²) in [5.41, 5.74) is 4.14. The molecule has 0 aromatic heterocycles. The number of carbonyl (C=O) groups excluding carboxylic acids is 1. The molecule has 0 heterocycles. The van der Waals surface area contributed by atoms with Crippen LogP contribution in [0.2, 0.25) is 0 Å². The van der Waals surface area contributed by atoms with Crippen LogP contribution in [-0.4, -0.2) is 12.6 Å². The molecule has 0 amide bonds. The van der Waals surface area contributed by atoms with Gasteiger partial charge in [-0.2, -0.15) is 0 Å². The molecule has 0 fully saturated rings. The maximum absolute atomic E-state index is 13.3. The fourth-order valence-electron chi connectivity index (χ4n) is 1.02. The molecule has 0 aliphatic carbocycles. The molecule has 1 aromatic rings. The molecule has 0 radical (unpaired) electrons. The first-order valence-corrected chi connectivity index (χ1v) is 4.88. The Morgan fingerprint density at radius 3 is 2.73 bits per heavy atom. The number of hydrogen-bond acceptors (Lipinski definition) is 3.